The molecule has 0 saturated heterocycles. The van der Waals surface area contributed by atoms with E-state index in [-0.39, 0.29) is 12.5 Å². The molecule has 1 aromatic heterocycles. The number of anilines is 1. The number of hydrogen-bond donors (Lipinski definition) is 3. The quantitative estimate of drug-likeness (QED) is 0.681. The fourth-order valence-corrected chi connectivity index (χ4v) is 3.51. The Bertz CT molecular complexity index is 998. The second kappa shape index (κ2) is 6.86. The molecule has 1 amide bonds. The molecule has 0 saturated carbocycles. The molecule has 0 spiro atoms. The highest BCUT2D eigenvalue weighted by Crippen LogP contribution is 2.27. The van der Waals surface area contributed by atoms with Gasteiger partial charge in [-0.15, -0.1) is 0 Å². The number of aromatic nitrogens is 1. The predicted octanol–water partition coefficient (Wildman–Crippen LogP) is 2.93. The molecule has 0 fully saturated rings. The van der Waals surface area contributed by atoms with Crippen molar-refractivity contribution >= 4 is 22.5 Å². The summed E-state index contributed by atoms with van der Waals surface area (Å²) in [6.45, 7) is 3.61. The molecule has 0 atom stereocenters. The number of amides is 1. The molecule has 1 aliphatic rings. The molecule has 5 nitrogen and oxygen atoms in total. The summed E-state index contributed by atoms with van der Waals surface area (Å²) in [7, 11) is 0. The molecule has 3 N–H and O–H groups in total. The van der Waals surface area contributed by atoms with E-state index in [1.165, 1.54) is 0 Å². The molecular formula is C21H21N3O2. The number of nitrogens with zero attached hydrogens (tertiary/aromatic N) is 1. The van der Waals surface area contributed by atoms with Gasteiger partial charge in [0.2, 0.25) is 0 Å². The van der Waals surface area contributed by atoms with Crippen LogP contribution >= 0.6 is 0 Å². The summed E-state index contributed by atoms with van der Waals surface area (Å²) in [6.07, 6.45) is 2.44. The van der Waals surface area contributed by atoms with Crippen molar-refractivity contribution in [2.75, 3.05) is 11.9 Å². The van der Waals surface area contributed by atoms with Crippen LogP contribution in [0.1, 0.15) is 32.6 Å². The van der Waals surface area contributed by atoms with E-state index in [4.69, 9.17) is 0 Å². The van der Waals surface area contributed by atoms with Crippen LogP contribution in [-0.2, 0) is 19.6 Å². The van der Waals surface area contributed by atoms with Crippen molar-refractivity contribution in [1.82, 2.24) is 10.3 Å². The maximum absolute atomic E-state index is 12.8. The molecular weight excluding hydrogens is 326 g/mol. The number of benzene rings is 2. The fourth-order valence-electron chi connectivity index (χ4n) is 3.51. The highest BCUT2D eigenvalue weighted by Gasteiger charge is 2.18. The normalized spacial score (nSPS) is 13.5. The topological polar surface area (TPSA) is 74.2 Å². The Hall–Kier alpha value is -2.76. The fraction of sp³-hybridized carbons (Fsp3) is 0.238. The van der Waals surface area contributed by atoms with E-state index < -0.39 is 0 Å². The van der Waals surface area contributed by atoms with Crippen LogP contribution in [0.2, 0.25) is 0 Å². The number of rotatable bonds is 3. The third-order valence-electron chi connectivity index (χ3n) is 4.90. The largest absolute Gasteiger partial charge is 0.392 e. The highest BCUT2D eigenvalue weighted by atomic mass is 16.3. The van der Waals surface area contributed by atoms with Gasteiger partial charge in [0.05, 0.1) is 17.7 Å². The van der Waals surface area contributed by atoms with Crippen molar-refractivity contribution in [3.8, 4) is 0 Å². The van der Waals surface area contributed by atoms with Gasteiger partial charge in [-0.25, -0.2) is 0 Å². The zero-order valence-electron chi connectivity index (χ0n) is 14.7. The van der Waals surface area contributed by atoms with E-state index in [2.05, 4.69) is 15.6 Å². The Labute approximate surface area is 152 Å². The van der Waals surface area contributed by atoms with E-state index >= 15 is 0 Å². The van der Waals surface area contributed by atoms with Gasteiger partial charge >= 0.3 is 0 Å². The van der Waals surface area contributed by atoms with Crippen molar-refractivity contribution in [3.05, 3.63) is 70.4 Å². The molecule has 2 aromatic carbocycles. The Balaban J connectivity index is 1.66. The molecule has 0 bridgehead atoms. The van der Waals surface area contributed by atoms with Crippen LogP contribution in [-0.4, -0.2) is 22.5 Å². The van der Waals surface area contributed by atoms with Crippen molar-refractivity contribution in [2.45, 2.75) is 26.5 Å². The maximum atomic E-state index is 12.8. The minimum atomic E-state index is -0.168. The van der Waals surface area contributed by atoms with Crippen LogP contribution in [0.5, 0.6) is 0 Å². The van der Waals surface area contributed by atoms with Gasteiger partial charge < -0.3 is 15.7 Å². The van der Waals surface area contributed by atoms with Crippen LogP contribution in [0.25, 0.3) is 10.9 Å². The average molecular weight is 347 g/mol. The Morgan fingerprint density at radius 2 is 2.12 bits per heavy atom. The number of nitrogens with one attached hydrogen (secondary N) is 2. The molecule has 4 rings (SSSR count). The van der Waals surface area contributed by atoms with Crippen molar-refractivity contribution in [2.24, 2.45) is 0 Å². The standard InChI is InChI=1S/C21H21N3O2/c1-13-2-4-19-15(8-13)9-16(10-23-19)21(26)24-20-5-3-14(12-25)18-11-22-7-6-17(18)20/h2-5,8-10,22,25H,6-7,11-12H2,1H3,(H,24,26). The van der Waals surface area contributed by atoms with Crippen LogP contribution in [0.4, 0.5) is 5.69 Å². The van der Waals surface area contributed by atoms with Crippen LogP contribution in [0.3, 0.4) is 0 Å². The molecule has 1 aliphatic heterocycles. The highest BCUT2D eigenvalue weighted by molar-refractivity contribution is 6.06. The van der Waals surface area contributed by atoms with Crippen molar-refractivity contribution in [1.29, 1.82) is 0 Å². The van der Waals surface area contributed by atoms with Gasteiger partial charge in [0.25, 0.3) is 5.91 Å². The summed E-state index contributed by atoms with van der Waals surface area (Å²) in [5.41, 5.74) is 6.47. The first-order chi connectivity index (χ1) is 12.7. The number of pyridine rings is 1. The summed E-state index contributed by atoms with van der Waals surface area (Å²) >= 11 is 0. The van der Waals surface area contributed by atoms with Gasteiger partial charge in [-0.2, -0.15) is 0 Å². The number of carbonyl (C=O) groups excluding carboxylic acids is 1. The van der Waals surface area contributed by atoms with E-state index in [9.17, 15) is 9.90 Å². The molecule has 0 unspecified atom stereocenters. The molecule has 0 radical (unpaired) electrons. The summed E-state index contributed by atoms with van der Waals surface area (Å²) in [5.74, 6) is -0.168. The lowest BCUT2D eigenvalue weighted by Gasteiger charge is -2.23. The maximum Gasteiger partial charge on any atom is 0.257 e. The Morgan fingerprint density at radius 1 is 1.23 bits per heavy atom. The molecule has 2 heterocycles. The lowest BCUT2D eigenvalue weighted by atomic mass is 9.94. The van der Waals surface area contributed by atoms with Gasteiger partial charge in [0.1, 0.15) is 0 Å². The Morgan fingerprint density at radius 3 is 2.96 bits per heavy atom. The van der Waals surface area contributed by atoms with Gasteiger partial charge in [-0.3, -0.25) is 9.78 Å². The first-order valence-electron chi connectivity index (χ1n) is 8.78. The number of aliphatic hydroxyl groups excluding tert-OH is 1. The van der Waals surface area contributed by atoms with Crippen LogP contribution in [0.15, 0.2) is 42.6 Å². The summed E-state index contributed by atoms with van der Waals surface area (Å²) in [5, 5.41) is 16.8. The third-order valence-corrected chi connectivity index (χ3v) is 4.90. The van der Waals surface area contributed by atoms with Crippen molar-refractivity contribution < 1.29 is 9.90 Å². The zero-order chi connectivity index (χ0) is 18.1. The third kappa shape index (κ3) is 3.07. The SMILES string of the molecule is Cc1ccc2ncc(C(=O)Nc3ccc(CO)c4c3CCNC4)cc2c1. The van der Waals surface area contributed by atoms with Crippen LogP contribution in [0, 0.1) is 6.92 Å². The lowest BCUT2D eigenvalue weighted by Crippen LogP contribution is -2.26. The van der Waals surface area contributed by atoms with Crippen molar-refractivity contribution in [3.63, 3.8) is 0 Å². The predicted molar refractivity (Wildman–Crippen MR) is 102 cm³/mol. The number of aryl methyl sites for hydroxylation is 1. The molecule has 132 valence electrons. The first kappa shape index (κ1) is 16.7. The Kier molecular flexibility index (Phi) is 4.41. The monoisotopic (exact) mass is 347 g/mol. The summed E-state index contributed by atoms with van der Waals surface area (Å²) < 4.78 is 0. The smallest absolute Gasteiger partial charge is 0.257 e. The van der Waals surface area contributed by atoms with Gasteiger partial charge in [0.15, 0.2) is 0 Å². The molecule has 26 heavy (non-hydrogen) atoms. The minimum absolute atomic E-state index is 0.00614. The van der Waals surface area contributed by atoms with E-state index in [1.807, 2.05) is 43.3 Å². The molecule has 3 aromatic rings. The van der Waals surface area contributed by atoms with E-state index in [0.717, 1.165) is 51.8 Å². The molecule has 5 heteroatoms. The number of hydrogen-bond acceptors (Lipinski definition) is 4. The molecule has 0 aliphatic carbocycles. The zero-order valence-corrected chi connectivity index (χ0v) is 14.7. The number of carbonyl (C=O) groups is 1. The summed E-state index contributed by atoms with van der Waals surface area (Å²) in [6, 6.07) is 11.6. The van der Waals surface area contributed by atoms with Gasteiger partial charge in [-0.05, 0) is 60.8 Å². The number of aliphatic hydroxyl groups is 1. The van der Waals surface area contributed by atoms with Gasteiger partial charge in [-0.1, -0.05) is 17.7 Å². The van der Waals surface area contributed by atoms with Gasteiger partial charge in [0, 0.05) is 23.8 Å². The summed E-state index contributed by atoms with van der Waals surface area (Å²) in [4.78, 5) is 17.2. The second-order valence-corrected chi connectivity index (χ2v) is 6.69. The second-order valence-electron chi connectivity index (χ2n) is 6.69. The minimum Gasteiger partial charge on any atom is -0.392 e. The lowest BCUT2D eigenvalue weighted by molar-refractivity contribution is 0.102. The number of fused-ring (bicyclic) bond motifs is 2. The average Bonchev–Trinajstić information content (AvgIpc) is 2.67. The first-order valence-corrected chi connectivity index (χ1v) is 8.78. The van der Waals surface area contributed by atoms with Crippen LogP contribution < -0.4 is 10.6 Å². The van der Waals surface area contributed by atoms with E-state index in [1.54, 1.807) is 6.20 Å². The van der Waals surface area contributed by atoms with E-state index in [0.29, 0.717) is 12.1 Å².